The first kappa shape index (κ1) is 25.8. The molecule has 1 heterocycles. The van der Waals surface area contributed by atoms with E-state index in [0.717, 1.165) is 17.8 Å². The monoisotopic (exact) mass is 470 g/mol. The Bertz CT molecular complexity index is 953. The summed E-state index contributed by atoms with van der Waals surface area (Å²) in [5, 5.41) is 7.12. The molecule has 180 valence electrons. The van der Waals surface area contributed by atoms with Gasteiger partial charge in [0.1, 0.15) is 0 Å². The van der Waals surface area contributed by atoms with Gasteiger partial charge in [0.15, 0.2) is 11.5 Å². The molecule has 11 heteroatoms. The lowest BCUT2D eigenvalue weighted by Crippen LogP contribution is -2.50. The number of rotatable bonds is 6. The number of halogens is 3. The molecule has 1 aliphatic heterocycles. The number of carboxylic acid groups (broad SMARTS) is 1. The molecule has 0 aliphatic carbocycles. The second kappa shape index (κ2) is 11.4. The van der Waals surface area contributed by atoms with Crippen molar-refractivity contribution in [3.05, 3.63) is 48.0 Å². The third kappa shape index (κ3) is 6.75. The molecule has 1 amide bonds. The highest BCUT2D eigenvalue weighted by molar-refractivity contribution is 5.95. The molecule has 0 radical (unpaired) electrons. The Hall–Kier alpha value is -3.47. The van der Waals surface area contributed by atoms with E-state index < -0.39 is 12.1 Å². The van der Waals surface area contributed by atoms with E-state index in [1.807, 2.05) is 47.4 Å². The number of hydrogen-bond donors (Lipinski definition) is 1. The first-order valence-electron chi connectivity index (χ1n) is 9.78. The molecule has 1 aliphatic rings. The van der Waals surface area contributed by atoms with Crippen LogP contribution in [0, 0.1) is 0 Å². The van der Waals surface area contributed by atoms with E-state index >= 15 is 0 Å². The summed E-state index contributed by atoms with van der Waals surface area (Å²) >= 11 is 0. The average Bonchev–Trinajstić information content (AvgIpc) is 2.79. The van der Waals surface area contributed by atoms with Gasteiger partial charge in [0, 0.05) is 30.9 Å². The predicted octanol–water partition coefficient (Wildman–Crippen LogP) is 3.19. The summed E-state index contributed by atoms with van der Waals surface area (Å²) < 4.78 is 48.0. The summed E-state index contributed by atoms with van der Waals surface area (Å²) in [5.41, 5.74) is 1.91. The van der Waals surface area contributed by atoms with Crippen molar-refractivity contribution in [1.29, 1.82) is 0 Å². The molecule has 1 saturated heterocycles. The van der Waals surface area contributed by atoms with E-state index in [4.69, 9.17) is 24.1 Å². The van der Waals surface area contributed by atoms with Gasteiger partial charge in [-0.1, -0.05) is 24.3 Å². The highest BCUT2D eigenvalue weighted by Crippen LogP contribution is 2.40. The van der Waals surface area contributed by atoms with Crippen LogP contribution in [-0.2, 0) is 16.1 Å². The van der Waals surface area contributed by atoms with Gasteiger partial charge in [-0.3, -0.25) is 9.69 Å². The molecule has 2 aromatic rings. The zero-order valence-corrected chi connectivity index (χ0v) is 18.4. The van der Waals surface area contributed by atoms with Crippen LogP contribution in [0.15, 0.2) is 42.5 Å². The Morgan fingerprint density at radius 2 is 1.58 bits per heavy atom. The number of para-hydroxylation sites is 1. The Morgan fingerprint density at radius 3 is 2.06 bits per heavy atom. The predicted molar refractivity (Wildman–Crippen MR) is 114 cm³/mol. The maximum Gasteiger partial charge on any atom is 0.490 e. The summed E-state index contributed by atoms with van der Waals surface area (Å²) in [6, 6.07) is 13.6. The second-order valence-corrected chi connectivity index (χ2v) is 6.89. The summed E-state index contributed by atoms with van der Waals surface area (Å²) in [6.45, 7) is 2.43. The quantitative estimate of drug-likeness (QED) is 0.694. The molecule has 0 spiro atoms. The number of ether oxygens (including phenoxy) is 3. The molecular formula is C22H25F3N2O6. The van der Waals surface area contributed by atoms with Crippen molar-refractivity contribution in [2.45, 2.75) is 12.7 Å². The van der Waals surface area contributed by atoms with E-state index in [9.17, 15) is 18.0 Å². The van der Waals surface area contributed by atoms with Crippen molar-refractivity contribution >= 4 is 17.6 Å². The zero-order chi connectivity index (χ0) is 24.6. The van der Waals surface area contributed by atoms with Crippen LogP contribution >= 0.6 is 0 Å². The standard InChI is InChI=1S/C20H24N2O4.C2HF3O2/c1-24-17-10-9-15(19(25-2)20(17)26-3)13-21-11-12-22(18(23)14-21)16-7-5-4-6-8-16;3-2(4,5)1(6)7/h4-10H,11-14H2,1-3H3;(H,6,7). The lowest BCUT2D eigenvalue weighted by molar-refractivity contribution is -0.192. The van der Waals surface area contributed by atoms with Gasteiger partial charge >= 0.3 is 12.1 Å². The largest absolute Gasteiger partial charge is 0.493 e. The maximum atomic E-state index is 12.6. The molecule has 33 heavy (non-hydrogen) atoms. The fourth-order valence-electron chi connectivity index (χ4n) is 3.27. The lowest BCUT2D eigenvalue weighted by Gasteiger charge is -2.34. The number of benzene rings is 2. The highest BCUT2D eigenvalue weighted by Gasteiger charge is 2.38. The molecule has 0 atom stereocenters. The third-order valence-corrected chi connectivity index (χ3v) is 4.79. The van der Waals surface area contributed by atoms with Gasteiger partial charge in [-0.05, 0) is 18.2 Å². The highest BCUT2D eigenvalue weighted by atomic mass is 19.4. The van der Waals surface area contributed by atoms with Crippen LogP contribution in [0.2, 0.25) is 0 Å². The Balaban J connectivity index is 0.000000479. The minimum absolute atomic E-state index is 0.0990. The van der Waals surface area contributed by atoms with Gasteiger partial charge in [-0.15, -0.1) is 0 Å². The molecule has 3 rings (SSSR count). The van der Waals surface area contributed by atoms with Crippen LogP contribution in [0.1, 0.15) is 5.56 Å². The topological polar surface area (TPSA) is 88.5 Å². The number of amides is 1. The summed E-state index contributed by atoms with van der Waals surface area (Å²) in [5.74, 6) is -0.820. The van der Waals surface area contributed by atoms with Crippen LogP contribution in [0.3, 0.4) is 0 Å². The molecular weight excluding hydrogens is 445 g/mol. The summed E-state index contributed by atoms with van der Waals surface area (Å²) in [7, 11) is 4.80. The zero-order valence-electron chi connectivity index (χ0n) is 18.4. The summed E-state index contributed by atoms with van der Waals surface area (Å²) in [6.07, 6.45) is -5.08. The van der Waals surface area contributed by atoms with E-state index in [2.05, 4.69) is 4.90 Å². The van der Waals surface area contributed by atoms with Crippen molar-refractivity contribution in [2.24, 2.45) is 0 Å². The Labute approximate surface area is 189 Å². The Kier molecular flexibility index (Phi) is 8.92. The number of carbonyl (C=O) groups is 2. The van der Waals surface area contributed by atoms with E-state index in [1.54, 1.807) is 21.3 Å². The van der Waals surface area contributed by atoms with Crippen LogP contribution in [0.25, 0.3) is 0 Å². The Morgan fingerprint density at radius 1 is 0.970 bits per heavy atom. The van der Waals surface area contributed by atoms with E-state index in [0.29, 0.717) is 36.9 Å². The number of carboxylic acids is 1. The van der Waals surface area contributed by atoms with Crippen LogP contribution in [0.4, 0.5) is 18.9 Å². The molecule has 0 aromatic heterocycles. The van der Waals surface area contributed by atoms with Crippen LogP contribution in [0.5, 0.6) is 17.2 Å². The smallest absolute Gasteiger partial charge is 0.490 e. The first-order valence-corrected chi connectivity index (χ1v) is 9.78. The van der Waals surface area contributed by atoms with Crippen molar-refractivity contribution in [1.82, 2.24) is 4.90 Å². The fourth-order valence-corrected chi connectivity index (χ4v) is 3.27. The van der Waals surface area contributed by atoms with E-state index in [1.165, 1.54) is 0 Å². The normalized spacial score (nSPS) is 14.2. The number of aliphatic carboxylic acids is 1. The van der Waals surface area contributed by atoms with Gasteiger partial charge in [0.05, 0.1) is 27.9 Å². The molecule has 0 unspecified atom stereocenters. The van der Waals surface area contributed by atoms with Gasteiger partial charge < -0.3 is 24.2 Å². The SMILES string of the molecule is COc1ccc(CN2CCN(c3ccccc3)C(=O)C2)c(OC)c1OC.O=C(O)C(F)(F)F. The van der Waals surface area contributed by atoms with Crippen molar-refractivity contribution in [3.63, 3.8) is 0 Å². The third-order valence-electron chi connectivity index (χ3n) is 4.79. The van der Waals surface area contributed by atoms with Crippen molar-refractivity contribution < 1.29 is 42.1 Å². The van der Waals surface area contributed by atoms with Crippen molar-refractivity contribution in [3.8, 4) is 17.2 Å². The number of anilines is 1. The maximum absolute atomic E-state index is 12.6. The van der Waals surface area contributed by atoms with Gasteiger partial charge in [0.25, 0.3) is 0 Å². The minimum Gasteiger partial charge on any atom is -0.493 e. The molecule has 1 fully saturated rings. The fraction of sp³-hybridized carbons (Fsp3) is 0.364. The number of alkyl halides is 3. The van der Waals surface area contributed by atoms with Gasteiger partial charge in [-0.2, -0.15) is 13.2 Å². The van der Waals surface area contributed by atoms with Gasteiger partial charge in [-0.25, -0.2) is 4.79 Å². The number of piperazine rings is 1. The van der Waals surface area contributed by atoms with Crippen LogP contribution in [-0.4, -0.2) is 69.0 Å². The number of methoxy groups -OCH3 is 3. The first-order chi connectivity index (χ1) is 15.6. The molecule has 1 N–H and O–H groups in total. The molecule has 0 saturated carbocycles. The van der Waals surface area contributed by atoms with Crippen LogP contribution < -0.4 is 19.1 Å². The number of carbonyl (C=O) groups excluding carboxylic acids is 1. The summed E-state index contributed by atoms with van der Waals surface area (Å²) in [4.78, 5) is 25.4. The average molecular weight is 470 g/mol. The van der Waals surface area contributed by atoms with Crippen molar-refractivity contribution in [2.75, 3.05) is 45.9 Å². The molecule has 0 bridgehead atoms. The minimum atomic E-state index is -5.08. The number of nitrogens with zero attached hydrogens (tertiary/aromatic N) is 2. The molecule has 2 aromatic carbocycles. The number of hydrogen-bond acceptors (Lipinski definition) is 6. The molecule has 8 nitrogen and oxygen atoms in total. The second-order valence-electron chi connectivity index (χ2n) is 6.89. The lowest BCUT2D eigenvalue weighted by atomic mass is 10.1. The van der Waals surface area contributed by atoms with Gasteiger partial charge in [0.2, 0.25) is 11.7 Å². The van der Waals surface area contributed by atoms with E-state index in [-0.39, 0.29) is 5.91 Å².